The van der Waals surface area contributed by atoms with Crippen LogP contribution >= 0.6 is 11.3 Å². The van der Waals surface area contributed by atoms with Gasteiger partial charge in [-0.3, -0.25) is 4.72 Å². The van der Waals surface area contributed by atoms with E-state index in [1.807, 2.05) is 0 Å². The zero-order valence-corrected chi connectivity index (χ0v) is 15.0. The number of aromatic nitrogens is 2. The molecule has 0 aliphatic carbocycles. The third-order valence-corrected chi connectivity index (χ3v) is 5.67. The molecule has 1 amide bonds. The van der Waals surface area contributed by atoms with E-state index >= 15 is 0 Å². The summed E-state index contributed by atoms with van der Waals surface area (Å²) in [6.45, 7) is 2.57. The van der Waals surface area contributed by atoms with E-state index in [4.69, 9.17) is 5.11 Å². The van der Waals surface area contributed by atoms with Gasteiger partial charge in [0.2, 0.25) is 0 Å². The molecule has 2 aromatic rings. The molecule has 11 heteroatoms. The van der Waals surface area contributed by atoms with E-state index < -0.39 is 16.1 Å². The highest BCUT2D eigenvalue weighted by Crippen LogP contribution is 2.21. The number of hydrogen-bond acceptors (Lipinski definition) is 7. The van der Waals surface area contributed by atoms with Crippen molar-refractivity contribution >= 4 is 39.0 Å². The van der Waals surface area contributed by atoms with Crippen LogP contribution in [0.4, 0.5) is 16.3 Å². The third kappa shape index (κ3) is 3.99. The summed E-state index contributed by atoms with van der Waals surface area (Å²) in [7, 11) is -3.80. The van der Waals surface area contributed by atoms with Crippen LogP contribution in [0.3, 0.4) is 0 Å². The molecule has 1 atom stereocenters. The molecule has 0 radical (unpaired) electrons. The first-order valence-corrected chi connectivity index (χ1v) is 9.91. The molecule has 0 unspecified atom stereocenters. The van der Waals surface area contributed by atoms with Crippen LogP contribution in [0.15, 0.2) is 28.0 Å². The molecule has 0 aromatic carbocycles. The average molecular weight is 383 g/mol. The van der Waals surface area contributed by atoms with Gasteiger partial charge in [0.1, 0.15) is 0 Å². The van der Waals surface area contributed by atoms with Gasteiger partial charge in [0.25, 0.3) is 10.0 Å². The van der Waals surface area contributed by atoms with E-state index in [0.29, 0.717) is 30.9 Å². The normalized spacial score (nSPS) is 17.5. The van der Waals surface area contributed by atoms with Crippen LogP contribution in [0, 0.1) is 6.92 Å². The molecule has 0 spiro atoms. The standard InChI is InChI=1S/C14H17N5O4S2/c1-9-11(17-10-4-5-19(6-10)14(20)21)2-3-13(16-9)25(22,23)18-12-7-24-8-15-12/h2-3,7-8,10,17-18H,4-6H2,1H3,(H,20,21)/t10-/m0/s1. The Kier molecular flexibility index (Phi) is 4.77. The highest BCUT2D eigenvalue weighted by molar-refractivity contribution is 7.92. The van der Waals surface area contributed by atoms with Crippen molar-refractivity contribution in [2.75, 3.05) is 23.1 Å². The lowest BCUT2D eigenvalue weighted by atomic mass is 10.2. The second kappa shape index (κ2) is 6.84. The predicted molar refractivity (Wildman–Crippen MR) is 93.5 cm³/mol. The van der Waals surface area contributed by atoms with E-state index in [1.165, 1.54) is 27.8 Å². The first kappa shape index (κ1) is 17.4. The number of amides is 1. The maximum Gasteiger partial charge on any atom is 0.407 e. The van der Waals surface area contributed by atoms with Gasteiger partial charge in [0, 0.05) is 24.5 Å². The SMILES string of the molecule is Cc1nc(S(=O)(=O)Nc2cscn2)ccc1N[C@H]1CCN(C(=O)O)C1. The Morgan fingerprint density at radius 3 is 2.84 bits per heavy atom. The van der Waals surface area contributed by atoms with Gasteiger partial charge in [-0.2, -0.15) is 8.42 Å². The summed E-state index contributed by atoms with van der Waals surface area (Å²) >= 11 is 1.29. The van der Waals surface area contributed by atoms with Crippen molar-refractivity contribution in [3.05, 3.63) is 28.7 Å². The number of nitrogens with zero attached hydrogens (tertiary/aromatic N) is 3. The molecule has 1 saturated heterocycles. The van der Waals surface area contributed by atoms with Crippen LogP contribution < -0.4 is 10.0 Å². The van der Waals surface area contributed by atoms with Gasteiger partial charge in [-0.25, -0.2) is 14.8 Å². The summed E-state index contributed by atoms with van der Waals surface area (Å²) in [5, 5.41) is 13.7. The molecule has 0 saturated carbocycles. The van der Waals surface area contributed by atoms with Crippen molar-refractivity contribution in [3.63, 3.8) is 0 Å². The number of sulfonamides is 1. The molecule has 3 heterocycles. The predicted octanol–water partition coefficient (Wildman–Crippen LogP) is 1.81. The monoisotopic (exact) mass is 383 g/mol. The maximum atomic E-state index is 12.3. The molecular weight excluding hydrogens is 366 g/mol. The number of aryl methyl sites for hydroxylation is 1. The smallest absolute Gasteiger partial charge is 0.407 e. The molecular formula is C14H17N5O4S2. The molecule has 2 aromatic heterocycles. The fourth-order valence-corrected chi connectivity index (χ4v) is 4.12. The van der Waals surface area contributed by atoms with Crippen LogP contribution in [0.2, 0.25) is 0 Å². The van der Waals surface area contributed by atoms with Crippen molar-refractivity contribution in [3.8, 4) is 0 Å². The summed E-state index contributed by atoms with van der Waals surface area (Å²) in [6.07, 6.45) is -0.245. The number of hydrogen-bond donors (Lipinski definition) is 3. The summed E-state index contributed by atoms with van der Waals surface area (Å²) in [4.78, 5) is 20.4. The second-order valence-electron chi connectivity index (χ2n) is 5.62. The fraction of sp³-hybridized carbons (Fsp3) is 0.357. The van der Waals surface area contributed by atoms with Crippen molar-refractivity contribution in [2.45, 2.75) is 24.4 Å². The molecule has 0 bridgehead atoms. The number of thiazole rings is 1. The lowest BCUT2D eigenvalue weighted by Gasteiger charge is -2.17. The van der Waals surface area contributed by atoms with Gasteiger partial charge in [-0.15, -0.1) is 11.3 Å². The number of carboxylic acid groups (broad SMARTS) is 1. The minimum Gasteiger partial charge on any atom is -0.465 e. The van der Waals surface area contributed by atoms with E-state index in [-0.39, 0.29) is 16.9 Å². The number of carbonyl (C=O) groups is 1. The summed E-state index contributed by atoms with van der Waals surface area (Å²) < 4.78 is 27.0. The largest absolute Gasteiger partial charge is 0.465 e. The quantitative estimate of drug-likeness (QED) is 0.719. The van der Waals surface area contributed by atoms with Crippen LogP contribution in [0.5, 0.6) is 0 Å². The number of anilines is 2. The Labute approximate surface area is 148 Å². The summed E-state index contributed by atoms with van der Waals surface area (Å²) in [5.74, 6) is 0.256. The first-order valence-electron chi connectivity index (χ1n) is 7.48. The van der Waals surface area contributed by atoms with E-state index in [9.17, 15) is 13.2 Å². The molecule has 3 rings (SSSR count). The Hall–Kier alpha value is -2.40. The van der Waals surface area contributed by atoms with Crippen LogP contribution in [-0.4, -0.2) is 53.6 Å². The van der Waals surface area contributed by atoms with Crippen LogP contribution in [0.1, 0.15) is 12.1 Å². The Morgan fingerprint density at radius 1 is 1.44 bits per heavy atom. The number of rotatable bonds is 5. The lowest BCUT2D eigenvalue weighted by Crippen LogP contribution is -2.30. The first-order chi connectivity index (χ1) is 11.8. The summed E-state index contributed by atoms with van der Waals surface area (Å²) in [5.41, 5.74) is 2.74. The second-order valence-corrected chi connectivity index (χ2v) is 7.97. The fourth-order valence-electron chi connectivity index (χ4n) is 2.56. The van der Waals surface area contributed by atoms with Gasteiger partial charge in [-0.1, -0.05) is 0 Å². The van der Waals surface area contributed by atoms with E-state index in [2.05, 4.69) is 20.0 Å². The molecule has 25 heavy (non-hydrogen) atoms. The van der Waals surface area contributed by atoms with E-state index in [1.54, 1.807) is 18.4 Å². The minimum absolute atomic E-state index is 0.0211. The van der Waals surface area contributed by atoms with E-state index in [0.717, 1.165) is 0 Å². The summed E-state index contributed by atoms with van der Waals surface area (Å²) in [6, 6.07) is 3.03. The van der Waals surface area contributed by atoms with Crippen molar-refractivity contribution in [2.24, 2.45) is 0 Å². The molecule has 1 aliphatic rings. The third-order valence-electron chi connectivity index (χ3n) is 3.83. The minimum atomic E-state index is -3.80. The maximum absolute atomic E-state index is 12.3. The number of pyridine rings is 1. The van der Waals surface area contributed by atoms with Crippen LogP contribution in [0.25, 0.3) is 0 Å². The van der Waals surface area contributed by atoms with Gasteiger partial charge in [0.05, 0.1) is 16.9 Å². The topological polar surface area (TPSA) is 125 Å². The Balaban J connectivity index is 1.72. The van der Waals surface area contributed by atoms with Crippen molar-refractivity contribution in [1.29, 1.82) is 0 Å². The van der Waals surface area contributed by atoms with Gasteiger partial charge in [0.15, 0.2) is 10.8 Å². The molecule has 134 valence electrons. The van der Waals surface area contributed by atoms with Gasteiger partial charge >= 0.3 is 6.09 Å². The Morgan fingerprint density at radius 2 is 2.24 bits per heavy atom. The van der Waals surface area contributed by atoms with Crippen molar-refractivity contribution < 1.29 is 18.3 Å². The van der Waals surface area contributed by atoms with Crippen LogP contribution in [-0.2, 0) is 10.0 Å². The van der Waals surface area contributed by atoms with Crippen molar-refractivity contribution in [1.82, 2.24) is 14.9 Å². The molecule has 1 fully saturated rings. The van der Waals surface area contributed by atoms with Gasteiger partial charge < -0.3 is 15.3 Å². The highest BCUT2D eigenvalue weighted by Gasteiger charge is 2.26. The molecule has 1 aliphatic heterocycles. The van der Waals surface area contributed by atoms with Gasteiger partial charge in [-0.05, 0) is 25.5 Å². The lowest BCUT2D eigenvalue weighted by molar-refractivity contribution is 0.155. The Bertz CT molecular complexity index is 869. The molecule has 9 nitrogen and oxygen atoms in total. The molecule has 3 N–H and O–H groups in total. The zero-order chi connectivity index (χ0) is 18.0. The highest BCUT2D eigenvalue weighted by atomic mass is 32.2. The zero-order valence-electron chi connectivity index (χ0n) is 13.3. The number of nitrogens with one attached hydrogen (secondary N) is 2. The number of likely N-dealkylation sites (tertiary alicyclic amines) is 1. The average Bonchev–Trinajstić information content (AvgIpc) is 3.20.